The number of nitrogens with two attached hydrogens (primary N) is 1. The number of nitrogen functional groups attached to an aromatic ring is 1. The summed E-state index contributed by atoms with van der Waals surface area (Å²) in [6.45, 7) is 2.67. The first-order valence-electron chi connectivity index (χ1n) is 7.04. The van der Waals surface area contributed by atoms with Gasteiger partial charge < -0.3 is 10.5 Å². The lowest BCUT2D eigenvalue weighted by atomic mass is 10.2. The van der Waals surface area contributed by atoms with Crippen LogP contribution in [-0.4, -0.2) is 17.6 Å². The molecule has 0 amide bonds. The smallest absolute Gasteiger partial charge is 0.338 e. The summed E-state index contributed by atoms with van der Waals surface area (Å²) in [5, 5.41) is 0.515. The van der Waals surface area contributed by atoms with Crippen molar-refractivity contribution in [3.05, 3.63) is 23.8 Å². The number of hydrogen-bond donors (Lipinski definition) is 1. The standard InChI is InChI=1S/C15H20N2O2S/c1-2-3-4-5-6-9-19-14(18)11-7-8-12-13(10-11)20-15(16)17-12/h7-8,10H,2-6,9H2,1H3,(H2,16,17). The van der Waals surface area contributed by atoms with Crippen molar-refractivity contribution >= 4 is 32.7 Å². The predicted molar refractivity (Wildman–Crippen MR) is 83.1 cm³/mol. The van der Waals surface area contributed by atoms with Crippen LogP contribution in [0.4, 0.5) is 5.13 Å². The molecule has 0 fully saturated rings. The number of thiazole rings is 1. The van der Waals surface area contributed by atoms with Crippen LogP contribution in [0.2, 0.25) is 0 Å². The van der Waals surface area contributed by atoms with Crippen LogP contribution in [0.3, 0.4) is 0 Å². The predicted octanol–water partition coefficient (Wildman–Crippen LogP) is 4.01. The lowest BCUT2D eigenvalue weighted by molar-refractivity contribution is 0.0498. The van der Waals surface area contributed by atoms with E-state index in [0.717, 1.165) is 23.1 Å². The van der Waals surface area contributed by atoms with E-state index in [2.05, 4.69) is 11.9 Å². The van der Waals surface area contributed by atoms with Crippen molar-refractivity contribution in [2.75, 3.05) is 12.3 Å². The first kappa shape index (κ1) is 14.8. The average molecular weight is 292 g/mol. The van der Waals surface area contributed by atoms with Gasteiger partial charge in [0.1, 0.15) is 0 Å². The molecule has 0 aliphatic rings. The second-order valence-electron chi connectivity index (χ2n) is 4.78. The fraction of sp³-hybridized carbons (Fsp3) is 0.467. The van der Waals surface area contributed by atoms with Crippen LogP contribution in [0.25, 0.3) is 10.2 Å². The molecule has 1 heterocycles. The van der Waals surface area contributed by atoms with Crippen molar-refractivity contribution in [3.8, 4) is 0 Å². The number of unbranched alkanes of at least 4 members (excludes halogenated alkanes) is 4. The van der Waals surface area contributed by atoms with Gasteiger partial charge in [-0.1, -0.05) is 43.9 Å². The van der Waals surface area contributed by atoms with Gasteiger partial charge in [0.15, 0.2) is 5.13 Å². The summed E-state index contributed by atoms with van der Waals surface area (Å²) in [5.74, 6) is -0.269. The Hall–Kier alpha value is -1.62. The molecule has 2 rings (SSSR count). The molecule has 0 saturated carbocycles. The van der Waals surface area contributed by atoms with Gasteiger partial charge >= 0.3 is 5.97 Å². The molecule has 1 aromatic carbocycles. The normalized spacial score (nSPS) is 10.8. The van der Waals surface area contributed by atoms with Gasteiger partial charge in [-0.25, -0.2) is 9.78 Å². The Morgan fingerprint density at radius 1 is 1.30 bits per heavy atom. The molecule has 0 saturated heterocycles. The zero-order valence-electron chi connectivity index (χ0n) is 11.7. The maximum atomic E-state index is 11.9. The number of fused-ring (bicyclic) bond motifs is 1. The van der Waals surface area contributed by atoms with E-state index < -0.39 is 0 Å². The minimum absolute atomic E-state index is 0.269. The van der Waals surface area contributed by atoms with Crippen LogP contribution >= 0.6 is 11.3 Å². The molecule has 0 atom stereocenters. The fourth-order valence-electron chi connectivity index (χ4n) is 2.02. The van der Waals surface area contributed by atoms with Gasteiger partial charge in [0.25, 0.3) is 0 Å². The highest BCUT2D eigenvalue weighted by atomic mass is 32.1. The molecule has 1 aromatic heterocycles. The number of carbonyl (C=O) groups excluding carboxylic acids is 1. The van der Waals surface area contributed by atoms with Crippen LogP contribution in [0.1, 0.15) is 49.4 Å². The minimum Gasteiger partial charge on any atom is -0.462 e. The highest BCUT2D eigenvalue weighted by Crippen LogP contribution is 2.24. The van der Waals surface area contributed by atoms with Gasteiger partial charge in [-0.05, 0) is 24.6 Å². The summed E-state index contributed by atoms with van der Waals surface area (Å²) in [4.78, 5) is 16.1. The van der Waals surface area contributed by atoms with E-state index in [1.54, 1.807) is 18.2 Å². The van der Waals surface area contributed by atoms with E-state index in [1.807, 2.05) is 0 Å². The SMILES string of the molecule is CCCCCCCOC(=O)c1ccc2nc(N)sc2c1. The second kappa shape index (κ2) is 7.24. The number of aromatic nitrogens is 1. The Balaban J connectivity index is 1.84. The van der Waals surface area contributed by atoms with Crippen molar-refractivity contribution in [2.24, 2.45) is 0 Å². The highest BCUT2D eigenvalue weighted by Gasteiger charge is 2.09. The molecular weight excluding hydrogens is 272 g/mol. The first-order chi connectivity index (χ1) is 9.70. The number of hydrogen-bond acceptors (Lipinski definition) is 5. The zero-order valence-corrected chi connectivity index (χ0v) is 12.5. The third kappa shape index (κ3) is 3.93. The number of carbonyl (C=O) groups is 1. The van der Waals surface area contributed by atoms with Crippen LogP contribution in [0.5, 0.6) is 0 Å². The molecule has 0 bridgehead atoms. The van der Waals surface area contributed by atoms with Crippen LogP contribution in [-0.2, 0) is 4.74 Å². The van der Waals surface area contributed by atoms with Crippen LogP contribution in [0.15, 0.2) is 18.2 Å². The summed E-state index contributed by atoms with van der Waals surface area (Å²) < 4.78 is 6.19. The Bertz CT molecular complexity index is 580. The molecule has 0 radical (unpaired) electrons. The van der Waals surface area contributed by atoms with Gasteiger partial charge in [0.2, 0.25) is 0 Å². The maximum Gasteiger partial charge on any atom is 0.338 e. The number of ether oxygens (including phenoxy) is 1. The topological polar surface area (TPSA) is 65.2 Å². The van der Waals surface area contributed by atoms with Gasteiger partial charge in [-0.15, -0.1) is 0 Å². The Morgan fingerprint density at radius 3 is 2.90 bits per heavy atom. The minimum atomic E-state index is -0.269. The Kier molecular flexibility index (Phi) is 5.35. The molecular formula is C15H20N2O2S. The van der Waals surface area contributed by atoms with E-state index in [0.29, 0.717) is 17.3 Å². The maximum absolute atomic E-state index is 11.9. The third-order valence-electron chi connectivity index (χ3n) is 3.12. The second-order valence-corrected chi connectivity index (χ2v) is 5.85. The molecule has 0 spiro atoms. The first-order valence-corrected chi connectivity index (χ1v) is 7.85. The molecule has 5 heteroatoms. The van der Waals surface area contributed by atoms with Gasteiger partial charge in [-0.2, -0.15) is 0 Å². The van der Waals surface area contributed by atoms with Crippen molar-refractivity contribution in [2.45, 2.75) is 39.0 Å². The number of esters is 1. The van der Waals surface area contributed by atoms with E-state index in [4.69, 9.17) is 10.5 Å². The van der Waals surface area contributed by atoms with Gasteiger partial charge in [0.05, 0.1) is 22.4 Å². The highest BCUT2D eigenvalue weighted by molar-refractivity contribution is 7.22. The van der Waals surface area contributed by atoms with E-state index >= 15 is 0 Å². The Labute approximate surface area is 123 Å². The third-order valence-corrected chi connectivity index (χ3v) is 3.97. The quantitative estimate of drug-likeness (QED) is 0.618. The molecule has 0 unspecified atom stereocenters. The lowest BCUT2D eigenvalue weighted by Gasteiger charge is -2.04. The molecule has 0 aliphatic carbocycles. The largest absolute Gasteiger partial charge is 0.462 e. The number of anilines is 1. The van der Waals surface area contributed by atoms with Gasteiger partial charge in [-0.3, -0.25) is 0 Å². The van der Waals surface area contributed by atoms with Crippen molar-refractivity contribution in [3.63, 3.8) is 0 Å². The van der Waals surface area contributed by atoms with Crippen LogP contribution in [0, 0.1) is 0 Å². The number of rotatable bonds is 7. The summed E-state index contributed by atoms with van der Waals surface area (Å²) in [6, 6.07) is 5.34. The molecule has 2 aromatic rings. The summed E-state index contributed by atoms with van der Waals surface area (Å²) in [7, 11) is 0. The molecule has 4 nitrogen and oxygen atoms in total. The monoisotopic (exact) mass is 292 g/mol. The molecule has 0 aliphatic heterocycles. The summed E-state index contributed by atoms with van der Waals surface area (Å²) >= 11 is 1.38. The lowest BCUT2D eigenvalue weighted by Crippen LogP contribution is -2.06. The van der Waals surface area contributed by atoms with Crippen molar-refractivity contribution in [1.29, 1.82) is 0 Å². The number of nitrogens with zero attached hydrogens (tertiary/aromatic N) is 1. The van der Waals surface area contributed by atoms with Crippen molar-refractivity contribution < 1.29 is 9.53 Å². The fourth-order valence-corrected chi connectivity index (χ4v) is 2.80. The van der Waals surface area contributed by atoms with E-state index in [1.165, 1.54) is 30.6 Å². The average Bonchev–Trinajstić information content (AvgIpc) is 2.81. The van der Waals surface area contributed by atoms with E-state index in [9.17, 15) is 4.79 Å². The summed E-state index contributed by atoms with van der Waals surface area (Å²) in [6.07, 6.45) is 5.72. The molecule has 108 valence electrons. The van der Waals surface area contributed by atoms with Crippen LogP contribution < -0.4 is 5.73 Å². The molecule has 20 heavy (non-hydrogen) atoms. The number of benzene rings is 1. The van der Waals surface area contributed by atoms with E-state index in [-0.39, 0.29) is 5.97 Å². The molecule has 2 N–H and O–H groups in total. The Morgan fingerprint density at radius 2 is 2.10 bits per heavy atom. The summed E-state index contributed by atoms with van der Waals surface area (Å²) in [5.41, 5.74) is 7.03. The van der Waals surface area contributed by atoms with Gasteiger partial charge in [0, 0.05) is 0 Å². The van der Waals surface area contributed by atoms with Crippen molar-refractivity contribution in [1.82, 2.24) is 4.98 Å². The zero-order chi connectivity index (χ0) is 14.4.